The smallest absolute Gasteiger partial charge is 0.188 e. The lowest BCUT2D eigenvalue weighted by Gasteiger charge is -2.30. The highest BCUT2D eigenvalue weighted by atomic mass is 16.3. The summed E-state index contributed by atoms with van der Waals surface area (Å²) in [6, 6.07) is 0. The van der Waals surface area contributed by atoms with Gasteiger partial charge in [-0.1, -0.05) is 33.1 Å². The van der Waals surface area contributed by atoms with Gasteiger partial charge in [-0.2, -0.15) is 0 Å². The van der Waals surface area contributed by atoms with E-state index in [0.717, 1.165) is 32.2 Å². The molecule has 0 amide bonds. The van der Waals surface area contributed by atoms with Crippen molar-refractivity contribution < 1.29 is 5.11 Å². The number of hydrogen-bond donors (Lipinski definition) is 3. The third-order valence-electron chi connectivity index (χ3n) is 3.02. The topological polar surface area (TPSA) is 70.6 Å². The van der Waals surface area contributed by atoms with E-state index >= 15 is 0 Å². The molecule has 16 heavy (non-hydrogen) atoms. The van der Waals surface area contributed by atoms with E-state index in [9.17, 15) is 5.11 Å². The van der Waals surface area contributed by atoms with Gasteiger partial charge in [-0.05, 0) is 18.8 Å². The number of aliphatic imine (C=N–C) groups is 1. The van der Waals surface area contributed by atoms with Crippen molar-refractivity contribution in [3.63, 3.8) is 0 Å². The summed E-state index contributed by atoms with van der Waals surface area (Å²) in [5.41, 5.74) is 5.12. The first-order valence-electron chi connectivity index (χ1n) is 6.28. The number of rotatable bonds is 4. The van der Waals surface area contributed by atoms with Crippen LogP contribution >= 0.6 is 0 Å². The molecule has 1 fully saturated rings. The minimum absolute atomic E-state index is 0.434. The van der Waals surface area contributed by atoms with E-state index in [-0.39, 0.29) is 0 Å². The summed E-state index contributed by atoms with van der Waals surface area (Å²) in [6.07, 6.45) is 5.14. The molecule has 4 heteroatoms. The second-order valence-corrected chi connectivity index (χ2v) is 5.26. The second kappa shape index (κ2) is 6.09. The second-order valence-electron chi connectivity index (χ2n) is 5.26. The monoisotopic (exact) mass is 227 g/mol. The molecule has 0 aliphatic heterocycles. The predicted octanol–water partition coefficient (Wildman–Crippen LogP) is 1.24. The van der Waals surface area contributed by atoms with E-state index in [4.69, 9.17) is 5.73 Å². The molecule has 1 saturated carbocycles. The highest BCUT2D eigenvalue weighted by Gasteiger charge is 2.28. The van der Waals surface area contributed by atoms with Crippen molar-refractivity contribution in [2.24, 2.45) is 16.6 Å². The lowest BCUT2D eigenvalue weighted by atomic mass is 9.85. The largest absolute Gasteiger partial charge is 0.388 e. The first-order chi connectivity index (χ1) is 7.52. The van der Waals surface area contributed by atoms with Crippen LogP contribution in [0.1, 0.15) is 46.0 Å². The zero-order chi connectivity index (χ0) is 12.0. The van der Waals surface area contributed by atoms with Gasteiger partial charge in [-0.3, -0.25) is 4.99 Å². The Morgan fingerprint density at radius 1 is 1.38 bits per heavy atom. The SMILES string of the molecule is CC(C)CNC(N)=NCC1(O)CCCCC1. The van der Waals surface area contributed by atoms with Gasteiger partial charge in [0.2, 0.25) is 0 Å². The molecule has 0 saturated heterocycles. The highest BCUT2D eigenvalue weighted by Crippen LogP contribution is 2.27. The molecule has 0 aromatic rings. The van der Waals surface area contributed by atoms with Crippen molar-refractivity contribution in [1.82, 2.24) is 5.32 Å². The maximum Gasteiger partial charge on any atom is 0.188 e. The molecule has 0 aromatic carbocycles. The molecular weight excluding hydrogens is 202 g/mol. The summed E-state index contributed by atoms with van der Waals surface area (Å²) >= 11 is 0. The number of aliphatic hydroxyl groups is 1. The van der Waals surface area contributed by atoms with E-state index in [2.05, 4.69) is 24.2 Å². The molecule has 0 radical (unpaired) electrons. The molecule has 1 aliphatic carbocycles. The van der Waals surface area contributed by atoms with Gasteiger partial charge in [0.1, 0.15) is 0 Å². The van der Waals surface area contributed by atoms with Crippen molar-refractivity contribution in [2.45, 2.75) is 51.6 Å². The Hall–Kier alpha value is -0.770. The fourth-order valence-corrected chi connectivity index (χ4v) is 1.96. The Morgan fingerprint density at radius 3 is 2.56 bits per heavy atom. The molecule has 0 atom stereocenters. The molecule has 1 rings (SSSR count). The Bertz CT molecular complexity index is 232. The normalized spacial score (nSPS) is 21.1. The maximum absolute atomic E-state index is 10.2. The van der Waals surface area contributed by atoms with Crippen LogP contribution in [0.2, 0.25) is 0 Å². The molecule has 0 heterocycles. The Labute approximate surface area is 98.3 Å². The van der Waals surface area contributed by atoms with Gasteiger partial charge in [0.05, 0.1) is 12.1 Å². The van der Waals surface area contributed by atoms with E-state index in [1.165, 1.54) is 6.42 Å². The standard InChI is InChI=1S/C12H25N3O/c1-10(2)8-14-11(13)15-9-12(16)6-4-3-5-7-12/h10,16H,3-9H2,1-2H3,(H3,13,14,15). The van der Waals surface area contributed by atoms with Crippen molar-refractivity contribution in [3.8, 4) is 0 Å². The van der Waals surface area contributed by atoms with E-state index < -0.39 is 5.60 Å². The van der Waals surface area contributed by atoms with E-state index in [0.29, 0.717) is 18.4 Å². The van der Waals surface area contributed by atoms with Gasteiger partial charge in [0.25, 0.3) is 0 Å². The molecule has 0 bridgehead atoms. The molecule has 4 nitrogen and oxygen atoms in total. The zero-order valence-electron chi connectivity index (χ0n) is 10.5. The van der Waals surface area contributed by atoms with Gasteiger partial charge in [0, 0.05) is 6.54 Å². The number of hydrogen-bond acceptors (Lipinski definition) is 2. The molecular formula is C12H25N3O. The van der Waals surface area contributed by atoms with Crippen molar-refractivity contribution in [2.75, 3.05) is 13.1 Å². The van der Waals surface area contributed by atoms with Crippen LogP contribution < -0.4 is 11.1 Å². The summed E-state index contributed by atoms with van der Waals surface area (Å²) in [5, 5.41) is 13.3. The molecule has 0 spiro atoms. The van der Waals surface area contributed by atoms with E-state index in [1.54, 1.807) is 0 Å². The summed E-state index contributed by atoms with van der Waals surface area (Å²) < 4.78 is 0. The number of nitrogens with zero attached hydrogens (tertiary/aromatic N) is 1. The fourth-order valence-electron chi connectivity index (χ4n) is 1.96. The highest BCUT2D eigenvalue weighted by molar-refractivity contribution is 5.77. The van der Waals surface area contributed by atoms with Crippen molar-refractivity contribution >= 4 is 5.96 Å². The van der Waals surface area contributed by atoms with Gasteiger partial charge >= 0.3 is 0 Å². The molecule has 1 aliphatic rings. The van der Waals surface area contributed by atoms with Crippen LogP contribution in [0.3, 0.4) is 0 Å². The zero-order valence-corrected chi connectivity index (χ0v) is 10.5. The van der Waals surface area contributed by atoms with Crippen LogP contribution in [0.5, 0.6) is 0 Å². The number of nitrogens with two attached hydrogens (primary N) is 1. The van der Waals surface area contributed by atoms with Crippen LogP contribution in [0.4, 0.5) is 0 Å². The fraction of sp³-hybridized carbons (Fsp3) is 0.917. The summed E-state index contributed by atoms with van der Waals surface area (Å²) in [6.45, 7) is 5.50. The average molecular weight is 227 g/mol. The quantitative estimate of drug-likeness (QED) is 0.500. The first-order valence-corrected chi connectivity index (χ1v) is 6.28. The summed E-state index contributed by atoms with van der Waals surface area (Å²) in [4.78, 5) is 4.22. The maximum atomic E-state index is 10.2. The molecule has 0 unspecified atom stereocenters. The Balaban J connectivity index is 2.32. The predicted molar refractivity (Wildman–Crippen MR) is 67.4 cm³/mol. The van der Waals surface area contributed by atoms with Crippen LogP contribution in [-0.4, -0.2) is 29.8 Å². The third-order valence-corrected chi connectivity index (χ3v) is 3.02. The lowest BCUT2D eigenvalue weighted by molar-refractivity contribution is 0.0132. The van der Waals surface area contributed by atoms with Gasteiger partial charge in [-0.15, -0.1) is 0 Å². The Kier molecular flexibility index (Phi) is 5.06. The third kappa shape index (κ3) is 4.84. The average Bonchev–Trinajstić information content (AvgIpc) is 2.25. The first kappa shape index (κ1) is 13.3. The Morgan fingerprint density at radius 2 is 2.00 bits per heavy atom. The van der Waals surface area contributed by atoms with Crippen LogP contribution in [0.25, 0.3) is 0 Å². The summed E-state index contributed by atoms with van der Waals surface area (Å²) in [5.74, 6) is 0.999. The van der Waals surface area contributed by atoms with Crippen LogP contribution in [-0.2, 0) is 0 Å². The molecule has 94 valence electrons. The van der Waals surface area contributed by atoms with Crippen LogP contribution in [0.15, 0.2) is 4.99 Å². The lowest BCUT2D eigenvalue weighted by Crippen LogP contribution is -2.39. The molecule has 4 N–H and O–H groups in total. The molecule has 0 aromatic heterocycles. The van der Waals surface area contributed by atoms with Crippen molar-refractivity contribution in [1.29, 1.82) is 0 Å². The minimum Gasteiger partial charge on any atom is -0.388 e. The summed E-state index contributed by atoms with van der Waals surface area (Å²) in [7, 11) is 0. The van der Waals surface area contributed by atoms with Gasteiger partial charge < -0.3 is 16.2 Å². The number of nitrogens with one attached hydrogen (secondary N) is 1. The van der Waals surface area contributed by atoms with E-state index in [1.807, 2.05) is 0 Å². The number of guanidine groups is 1. The minimum atomic E-state index is -0.609. The van der Waals surface area contributed by atoms with Gasteiger partial charge in [-0.25, -0.2) is 0 Å². The van der Waals surface area contributed by atoms with Crippen molar-refractivity contribution in [3.05, 3.63) is 0 Å². The van der Waals surface area contributed by atoms with Crippen LogP contribution in [0, 0.1) is 5.92 Å². The van der Waals surface area contributed by atoms with Gasteiger partial charge in [0.15, 0.2) is 5.96 Å².